The number of aromatic carboxylic acids is 1. The molecule has 1 aromatic rings. The van der Waals surface area contributed by atoms with Crippen molar-refractivity contribution in [2.75, 3.05) is 5.32 Å². The Kier molecular flexibility index (Phi) is 2.40. The number of benzene rings is 1. The van der Waals surface area contributed by atoms with Crippen molar-refractivity contribution in [1.29, 1.82) is 0 Å². The summed E-state index contributed by atoms with van der Waals surface area (Å²) in [4.78, 5) is 23.0. The van der Waals surface area contributed by atoms with Crippen LogP contribution in [-0.2, 0) is 4.79 Å². The molecule has 4 nitrogen and oxygen atoms in total. The number of fused-ring (bicyclic) bond motifs is 1. The first kappa shape index (κ1) is 10.0. The van der Waals surface area contributed by atoms with E-state index in [2.05, 4.69) is 5.32 Å². The normalized spacial score (nSPS) is 19.3. The number of hydrogen-bond donors (Lipinski definition) is 2. The standard InChI is InChI=1S/C10H9NO3S/c1-5-9(12)11-7-4-6(10(13)14)2-3-8(7)15-5/h2-5H,1H3,(H,11,12)(H,13,14)/t5-/m0/s1. The van der Waals surface area contributed by atoms with Gasteiger partial charge in [0.05, 0.1) is 16.5 Å². The smallest absolute Gasteiger partial charge is 0.335 e. The molecule has 2 N–H and O–H groups in total. The summed E-state index contributed by atoms with van der Waals surface area (Å²) in [5.41, 5.74) is 0.771. The van der Waals surface area contributed by atoms with Crippen LogP contribution in [0.1, 0.15) is 17.3 Å². The van der Waals surface area contributed by atoms with Gasteiger partial charge in [-0.25, -0.2) is 4.79 Å². The number of carbonyl (C=O) groups is 2. The monoisotopic (exact) mass is 223 g/mol. The molecule has 0 aliphatic carbocycles. The van der Waals surface area contributed by atoms with Gasteiger partial charge < -0.3 is 10.4 Å². The van der Waals surface area contributed by atoms with Crippen LogP contribution in [0.3, 0.4) is 0 Å². The Morgan fingerprint density at radius 1 is 1.53 bits per heavy atom. The average molecular weight is 223 g/mol. The van der Waals surface area contributed by atoms with Crippen LogP contribution >= 0.6 is 11.8 Å². The number of carboxylic acids is 1. The van der Waals surface area contributed by atoms with E-state index >= 15 is 0 Å². The van der Waals surface area contributed by atoms with Gasteiger partial charge in [-0.2, -0.15) is 0 Å². The molecule has 15 heavy (non-hydrogen) atoms. The molecule has 1 aliphatic heterocycles. The van der Waals surface area contributed by atoms with Crippen LogP contribution in [0.2, 0.25) is 0 Å². The van der Waals surface area contributed by atoms with Crippen LogP contribution in [0, 0.1) is 0 Å². The van der Waals surface area contributed by atoms with E-state index in [1.54, 1.807) is 12.1 Å². The fraction of sp³-hybridized carbons (Fsp3) is 0.200. The van der Waals surface area contributed by atoms with E-state index in [0.717, 1.165) is 4.90 Å². The van der Waals surface area contributed by atoms with Gasteiger partial charge >= 0.3 is 5.97 Å². The average Bonchev–Trinajstić information content (AvgIpc) is 2.19. The van der Waals surface area contributed by atoms with Crippen LogP contribution in [0.4, 0.5) is 5.69 Å². The second-order valence-corrected chi connectivity index (χ2v) is 4.65. The van der Waals surface area contributed by atoms with Crippen molar-refractivity contribution >= 4 is 29.3 Å². The zero-order chi connectivity index (χ0) is 11.0. The van der Waals surface area contributed by atoms with Crippen LogP contribution in [-0.4, -0.2) is 22.2 Å². The van der Waals surface area contributed by atoms with Crippen LogP contribution in [0.25, 0.3) is 0 Å². The zero-order valence-electron chi connectivity index (χ0n) is 7.98. The predicted octanol–water partition coefficient (Wildman–Crippen LogP) is 1.82. The lowest BCUT2D eigenvalue weighted by molar-refractivity contribution is -0.115. The highest BCUT2D eigenvalue weighted by Crippen LogP contribution is 2.35. The largest absolute Gasteiger partial charge is 0.478 e. The van der Waals surface area contributed by atoms with E-state index in [1.807, 2.05) is 6.92 Å². The van der Waals surface area contributed by atoms with Gasteiger partial charge in [0.2, 0.25) is 5.91 Å². The third kappa shape index (κ3) is 1.83. The summed E-state index contributed by atoms with van der Waals surface area (Å²) in [6.45, 7) is 1.81. The van der Waals surface area contributed by atoms with E-state index in [9.17, 15) is 9.59 Å². The zero-order valence-corrected chi connectivity index (χ0v) is 8.80. The molecule has 0 bridgehead atoms. The fourth-order valence-corrected chi connectivity index (χ4v) is 2.27. The third-order valence-corrected chi connectivity index (χ3v) is 3.33. The number of carboxylic acid groups (broad SMARTS) is 1. The van der Waals surface area contributed by atoms with Gasteiger partial charge in [0.1, 0.15) is 0 Å². The Bertz CT molecular complexity index is 444. The molecule has 5 heteroatoms. The maximum Gasteiger partial charge on any atom is 0.335 e. The van der Waals surface area contributed by atoms with Crippen LogP contribution < -0.4 is 5.32 Å². The lowest BCUT2D eigenvalue weighted by Crippen LogP contribution is -2.26. The number of anilines is 1. The van der Waals surface area contributed by atoms with Gasteiger partial charge in [-0.15, -0.1) is 11.8 Å². The molecule has 0 saturated heterocycles. The van der Waals surface area contributed by atoms with Gasteiger partial charge in [-0.05, 0) is 25.1 Å². The number of amides is 1. The Labute approximate surface area is 90.7 Å². The second-order valence-electron chi connectivity index (χ2n) is 3.27. The molecule has 0 fully saturated rings. The molecule has 1 aliphatic rings. The SMILES string of the molecule is C[C@@H]1Sc2ccc(C(=O)O)cc2NC1=O. The fourth-order valence-electron chi connectivity index (χ4n) is 1.34. The molecule has 1 amide bonds. The topological polar surface area (TPSA) is 66.4 Å². The highest BCUT2D eigenvalue weighted by atomic mass is 32.2. The molecule has 0 spiro atoms. The van der Waals surface area contributed by atoms with E-state index in [-0.39, 0.29) is 16.7 Å². The minimum atomic E-state index is -0.990. The highest BCUT2D eigenvalue weighted by Gasteiger charge is 2.23. The Morgan fingerprint density at radius 2 is 2.27 bits per heavy atom. The maximum absolute atomic E-state index is 11.4. The van der Waals surface area contributed by atoms with Crippen molar-refractivity contribution in [2.45, 2.75) is 17.1 Å². The summed E-state index contributed by atoms with van der Waals surface area (Å²) in [5, 5.41) is 11.3. The summed E-state index contributed by atoms with van der Waals surface area (Å²) in [6, 6.07) is 4.74. The number of thioether (sulfide) groups is 1. The quantitative estimate of drug-likeness (QED) is 0.762. The van der Waals surface area contributed by atoms with Crippen molar-refractivity contribution in [3.8, 4) is 0 Å². The molecule has 0 saturated carbocycles. The second kappa shape index (κ2) is 3.58. The van der Waals surface area contributed by atoms with Crippen molar-refractivity contribution in [3.05, 3.63) is 23.8 Å². The van der Waals surface area contributed by atoms with Gasteiger partial charge in [0, 0.05) is 4.90 Å². The van der Waals surface area contributed by atoms with E-state index < -0.39 is 5.97 Å². The molecule has 2 rings (SSSR count). The number of hydrogen-bond acceptors (Lipinski definition) is 3. The summed E-state index contributed by atoms with van der Waals surface area (Å²) in [7, 11) is 0. The summed E-state index contributed by atoms with van der Waals surface area (Å²) in [6.07, 6.45) is 0. The molecular formula is C10H9NO3S. The summed E-state index contributed by atoms with van der Waals surface area (Å²) < 4.78 is 0. The Balaban J connectivity index is 2.41. The number of rotatable bonds is 1. The minimum Gasteiger partial charge on any atom is -0.478 e. The van der Waals surface area contributed by atoms with Crippen LogP contribution in [0.15, 0.2) is 23.1 Å². The highest BCUT2D eigenvalue weighted by molar-refractivity contribution is 8.00. The molecule has 0 radical (unpaired) electrons. The third-order valence-electron chi connectivity index (χ3n) is 2.16. The first-order valence-electron chi connectivity index (χ1n) is 4.43. The summed E-state index contributed by atoms with van der Waals surface area (Å²) >= 11 is 1.44. The van der Waals surface area contributed by atoms with Gasteiger partial charge in [0.25, 0.3) is 0 Å². The van der Waals surface area contributed by atoms with Crippen molar-refractivity contribution in [1.82, 2.24) is 0 Å². The molecule has 1 atom stereocenters. The van der Waals surface area contributed by atoms with E-state index in [1.165, 1.54) is 17.8 Å². The molecular weight excluding hydrogens is 214 g/mol. The lowest BCUT2D eigenvalue weighted by Gasteiger charge is -2.21. The van der Waals surface area contributed by atoms with Crippen LogP contribution in [0.5, 0.6) is 0 Å². The molecule has 78 valence electrons. The molecule has 0 aromatic heterocycles. The maximum atomic E-state index is 11.4. The lowest BCUT2D eigenvalue weighted by atomic mass is 10.2. The van der Waals surface area contributed by atoms with Gasteiger partial charge in [0.15, 0.2) is 0 Å². The number of nitrogens with one attached hydrogen (secondary N) is 1. The minimum absolute atomic E-state index is 0.0879. The van der Waals surface area contributed by atoms with Gasteiger partial charge in [-0.1, -0.05) is 0 Å². The number of carbonyl (C=O) groups excluding carboxylic acids is 1. The predicted molar refractivity (Wildman–Crippen MR) is 57.4 cm³/mol. The Hall–Kier alpha value is -1.49. The van der Waals surface area contributed by atoms with Crippen molar-refractivity contribution in [3.63, 3.8) is 0 Å². The van der Waals surface area contributed by atoms with Gasteiger partial charge in [-0.3, -0.25) is 4.79 Å². The molecule has 1 aromatic carbocycles. The Morgan fingerprint density at radius 3 is 2.93 bits per heavy atom. The van der Waals surface area contributed by atoms with E-state index in [0.29, 0.717) is 5.69 Å². The molecule has 0 unspecified atom stereocenters. The van der Waals surface area contributed by atoms with E-state index in [4.69, 9.17) is 5.11 Å². The first-order valence-corrected chi connectivity index (χ1v) is 5.31. The summed E-state index contributed by atoms with van der Waals surface area (Å²) in [5.74, 6) is -1.08. The first-order chi connectivity index (χ1) is 7.08. The molecule has 1 heterocycles. The van der Waals surface area contributed by atoms with Crippen molar-refractivity contribution < 1.29 is 14.7 Å². The van der Waals surface area contributed by atoms with Crippen molar-refractivity contribution in [2.24, 2.45) is 0 Å².